The summed E-state index contributed by atoms with van der Waals surface area (Å²) in [6.45, 7) is 2.06. The van der Waals surface area contributed by atoms with Crippen LogP contribution >= 0.6 is 22.9 Å². The number of benzene rings is 1. The molecule has 2 rings (SSSR count). The fourth-order valence-electron chi connectivity index (χ4n) is 1.44. The van der Waals surface area contributed by atoms with Crippen molar-refractivity contribution in [3.8, 4) is 10.4 Å². The lowest BCUT2D eigenvalue weighted by Gasteiger charge is -2.02. The van der Waals surface area contributed by atoms with Crippen LogP contribution in [-0.2, 0) is 0 Å². The van der Waals surface area contributed by atoms with Crippen molar-refractivity contribution in [2.45, 2.75) is 6.92 Å². The van der Waals surface area contributed by atoms with Crippen LogP contribution in [0.3, 0.4) is 0 Å². The number of aldehydes is 1. The Hall–Kier alpha value is -1.12. The largest absolute Gasteiger partial charge is 0.298 e. The molecule has 0 bridgehead atoms. The number of rotatable bonds is 2. The summed E-state index contributed by atoms with van der Waals surface area (Å²) in [5.41, 5.74) is 2.81. The van der Waals surface area contributed by atoms with Crippen molar-refractivity contribution in [3.63, 3.8) is 0 Å². The quantitative estimate of drug-likeness (QED) is 0.715. The summed E-state index contributed by atoms with van der Waals surface area (Å²) in [6, 6.07) is 7.59. The van der Waals surface area contributed by atoms with E-state index in [1.165, 1.54) is 10.4 Å². The molecule has 0 N–H and O–H groups in total. The molecule has 1 nitrogen and oxygen atoms in total. The first-order valence-electron chi connectivity index (χ1n) is 4.51. The summed E-state index contributed by atoms with van der Waals surface area (Å²) in [7, 11) is 0. The van der Waals surface area contributed by atoms with E-state index in [1.54, 1.807) is 17.4 Å². The second-order valence-electron chi connectivity index (χ2n) is 3.29. The third-order valence-corrected chi connectivity index (χ3v) is 3.66. The second kappa shape index (κ2) is 4.17. The van der Waals surface area contributed by atoms with E-state index in [9.17, 15) is 4.79 Å². The molecule has 76 valence electrons. The van der Waals surface area contributed by atoms with E-state index in [1.807, 2.05) is 17.5 Å². The second-order valence-corrected chi connectivity index (χ2v) is 4.61. The third-order valence-electron chi connectivity index (χ3n) is 2.25. The molecule has 3 heteroatoms. The van der Waals surface area contributed by atoms with Gasteiger partial charge in [0.25, 0.3) is 0 Å². The fraction of sp³-hybridized carbons (Fsp3) is 0.0833. The Labute approximate surface area is 97.3 Å². The number of carbonyl (C=O) groups excluding carboxylic acids is 1. The summed E-state index contributed by atoms with van der Waals surface area (Å²) in [6.07, 6.45) is 0.786. The Morgan fingerprint density at radius 3 is 2.73 bits per heavy atom. The highest BCUT2D eigenvalue weighted by molar-refractivity contribution is 7.13. The smallest absolute Gasteiger partial charge is 0.151 e. The molecule has 0 radical (unpaired) electrons. The van der Waals surface area contributed by atoms with E-state index < -0.39 is 0 Å². The van der Waals surface area contributed by atoms with Crippen molar-refractivity contribution in [2.75, 3.05) is 0 Å². The summed E-state index contributed by atoms with van der Waals surface area (Å²) in [5, 5.41) is 2.54. The van der Waals surface area contributed by atoms with Crippen LogP contribution in [0.1, 0.15) is 15.9 Å². The summed E-state index contributed by atoms with van der Waals surface area (Å²) >= 11 is 7.54. The molecular formula is C12H9ClOS. The van der Waals surface area contributed by atoms with Crippen LogP contribution in [0.25, 0.3) is 10.4 Å². The zero-order chi connectivity index (χ0) is 10.8. The standard InChI is InChI=1S/C12H9ClOS/c1-8-4-5-15-12(8)9-2-3-11(13)10(6-9)7-14/h2-7H,1H3. The highest BCUT2D eigenvalue weighted by Crippen LogP contribution is 2.31. The predicted octanol–water partition coefficient (Wildman–Crippen LogP) is 4.19. The molecule has 0 fully saturated rings. The summed E-state index contributed by atoms with van der Waals surface area (Å²) < 4.78 is 0. The van der Waals surface area contributed by atoms with Gasteiger partial charge in [-0.05, 0) is 41.6 Å². The van der Waals surface area contributed by atoms with Crippen LogP contribution in [0.15, 0.2) is 29.6 Å². The van der Waals surface area contributed by atoms with Crippen molar-refractivity contribution < 1.29 is 4.79 Å². The molecular weight excluding hydrogens is 228 g/mol. The molecule has 1 aromatic carbocycles. The number of halogens is 1. The van der Waals surface area contributed by atoms with Gasteiger partial charge in [-0.25, -0.2) is 0 Å². The number of hydrogen-bond acceptors (Lipinski definition) is 2. The number of aryl methyl sites for hydroxylation is 1. The monoisotopic (exact) mass is 236 g/mol. The summed E-state index contributed by atoms with van der Waals surface area (Å²) in [4.78, 5) is 11.9. The van der Waals surface area contributed by atoms with E-state index in [2.05, 4.69) is 13.0 Å². The SMILES string of the molecule is Cc1ccsc1-c1ccc(Cl)c(C=O)c1. The van der Waals surface area contributed by atoms with Gasteiger partial charge < -0.3 is 0 Å². The van der Waals surface area contributed by atoms with Crippen molar-refractivity contribution in [1.82, 2.24) is 0 Å². The van der Waals surface area contributed by atoms with Gasteiger partial charge in [0, 0.05) is 10.4 Å². The van der Waals surface area contributed by atoms with Gasteiger partial charge in [-0.3, -0.25) is 4.79 Å². The Morgan fingerprint density at radius 1 is 1.33 bits per heavy atom. The number of carbonyl (C=O) groups is 1. The molecule has 0 aliphatic carbocycles. The molecule has 0 atom stereocenters. The lowest BCUT2D eigenvalue weighted by Crippen LogP contribution is -1.84. The molecule has 0 spiro atoms. The Balaban J connectivity index is 2.55. The van der Waals surface area contributed by atoms with Gasteiger partial charge in [0.1, 0.15) is 0 Å². The summed E-state index contributed by atoms with van der Waals surface area (Å²) in [5.74, 6) is 0. The van der Waals surface area contributed by atoms with Gasteiger partial charge in [0.2, 0.25) is 0 Å². The normalized spacial score (nSPS) is 10.3. The van der Waals surface area contributed by atoms with E-state index in [-0.39, 0.29) is 0 Å². The van der Waals surface area contributed by atoms with Crippen LogP contribution in [-0.4, -0.2) is 6.29 Å². The molecule has 0 saturated carbocycles. The Morgan fingerprint density at radius 2 is 2.13 bits per heavy atom. The Bertz CT molecular complexity index is 502. The number of hydrogen-bond donors (Lipinski definition) is 0. The molecule has 0 aliphatic rings. The minimum atomic E-state index is 0.503. The first-order chi connectivity index (χ1) is 7.22. The van der Waals surface area contributed by atoms with Crippen molar-refractivity contribution in [3.05, 3.63) is 45.8 Å². The zero-order valence-corrected chi connectivity index (χ0v) is 9.73. The van der Waals surface area contributed by atoms with Crippen LogP contribution in [0.2, 0.25) is 5.02 Å². The topological polar surface area (TPSA) is 17.1 Å². The molecule has 1 heterocycles. The van der Waals surface area contributed by atoms with Gasteiger partial charge in [-0.2, -0.15) is 0 Å². The third kappa shape index (κ3) is 1.96. The first kappa shape index (κ1) is 10.4. The molecule has 15 heavy (non-hydrogen) atoms. The molecule has 0 saturated heterocycles. The van der Waals surface area contributed by atoms with Gasteiger partial charge >= 0.3 is 0 Å². The van der Waals surface area contributed by atoms with Crippen molar-refractivity contribution in [2.24, 2.45) is 0 Å². The maximum atomic E-state index is 10.8. The minimum absolute atomic E-state index is 0.503. The van der Waals surface area contributed by atoms with Gasteiger partial charge in [0.05, 0.1) is 5.02 Å². The van der Waals surface area contributed by atoms with Crippen LogP contribution in [0.5, 0.6) is 0 Å². The van der Waals surface area contributed by atoms with E-state index in [0.717, 1.165) is 11.8 Å². The zero-order valence-electron chi connectivity index (χ0n) is 8.16. The van der Waals surface area contributed by atoms with Crippen molar-refractivity contribution >= 4 is 29.2 Å². The van der Waals surface area contributed by atoms with Crippen LogP contribution < -0.4 is 0 Å². The lowest BCUT2D eigenvalue weighted by molar-refractivity contribution is 0.112. The average Bonchev–Trinajstić information content (AvgIpc) is 2.65. The highest BCUT2D eigenvalue weighted by atomic mass is 35.5. The maximum absolute atomic E-state index is 10.8. The van der Waals surface area contributed by atoms with Crippen LogP contribution in [0, 0.1) is 6.92 Å². The maximum Gasteiger partial charge on any atom is 0.151 e. The molecule has 2 aromatic rings. The Kier molecular flexibility index (Phi) is 2.89. The molecule has 0 aliphatic heterocycles. The average molecular weight is 237 g/mol. The first-order valence-corrected chi connectivity index (χ1v) is 5.77. The molecule has 1 aromatic heterocycles. The highest BCUT2D eigenvalue weighted by Gasteiger charge is 2.06. The van der Waals surface area contributed by atoms with E-state index in [4.69, 9.17) is 11.6 Å². The van der Waals surface area contributed by atoms with Gasteiger partial charge in [-0.1, -0.05) is 17.7 Å². The predicted molar refractivity (Wildman–Crippen MR) is 64.9 cm³/mol. The van der Waals surface area contributed by atoms with Gasteiger partial charge in [-0.15, -0.1) is 11.3 Å². The molecule has 0 amide bonds. The van der Waals surface area contributed by atoms with E-state index in [0.29, 0.717) is 10.6 Å². The van der Waals surface area contributed by atoms with E-state index >= 15 is 0 Å². The van der Waals surface area contributed by atoms with Crippen molar-refractivity contribution in [1.29, 1.82) is 0 Å². The van der Waals surface area contributed by atoms with Crippen LogP contribution in [0.4, 0.5) is 0 Å². The minimum Gasteiger partial charge on any atom is -0.298 e. The fourth-order valence-corrected chi connectivity index (χ4v) is 2.53. The van der Waals surface area contributed by atoms with Gasteiger partial charge in [0.15, 0.2) is 6.29 Å². The lowest BCUT2D eigenvalue weighted by atomic mass is 10.1. The molecule has 0 unspecified atom stereocenters. The number of thiophene rings is 1.